The van der Waals surface area contributed by atoms with Gasteiger partial charge in [-0.15, -0.1) is 0 Å². The summed E-state index contributed by atoms with van der Waals surface area (Å²) in [6, 6.07) is 17.1. The number of oxazole rings is 1. The summed E-state index contributed by atoms with van der Waals surface area (Å²) in [6.07, 6.45) is 1.69. The van der Waals surface area contributed by atoms with E-state index in [4.69, 9.17) is 4.42 Å². The zero-order valence-electron chi connectivity index (χ0n) is 12.5. The number of phenolic OH excluding ortho intramolecular Hbond substituents is 1. The van der Waals surface area contributed by atoms with E-state index in [1.54, 1.807) is 12.3 Å². The molecular weight excluding hydrogens is 288 g/mol. The number of rotatable bonds is 2. The van der Waals surface area contributed by atoms with Gasteiger partial charge in [0.05, 0.1) is 5.69 Å². The van der Waals surface area contributed by atoms with Crippen molar-refractivity contribution in [1.82, 2.24) is 4.98 Å². The van der Waals surface area contributed by atoms with Crippen LogP contribution in [0.1, 0.15) is 11.5 Å². The molecule has 0 atom stereocenters. The molecule has 1 heterocycles. The zero-order valence-corrected chi connectivity index (χ0v) is 12.5. The molecule has 112 valence electrons. The lowest BCUT2D eigenvalue weighted by atomic mass is 10.0. The molecule has 4 nitrogen and oxygen atoms in total. The summed E-state index contributed by atoms with van der Waals surface area (Å²) in [6.45, 7) is 1.82. The molecule has 0 aliphatic heterocycles. The van der Waals surface area contributed by atoms with Crippen LogP contribution in [0.2, 0.25) is 0 Å². The Bertz CT molecular complexity index is 1050. The number of aryl methyl sites for hydroxylation is 1. The first-order valence-corrected chi connectivity index (χ1v) is 7.33. The van der Waals surface area contributed by atoms with Crippen LogP contribution in [0, 0.1) is 6.92 Å². The monoisotopic (exact) mass is 302 g/mol. The fraction of sp³-hybridized carbons (Fsp3) is 0.0526. The molecule has 0 fully saturated rings. The van der Waals surface area contributed by atoms with E-state index in [9.17, 15) is 5.11 Å². The van der Waals surface area contributed by atoms with Crippen molar-refractivity contribution in [2.45, 2.75) is 6.92 Å². The molecule has 0 unspecified atom stereocenters. The molecule has 23 heavy (non-hydrogen) atoms. The largest absolute Gasteiger partial charge is 0.507 e. The first kappa shape index (κ1) is 13.5. The van der Waals surface area contributed by atoms with Crippen LogP contribution in [-0.2, 0) is 0 Å². The quantitative estimate of drug-likeness (QED) is 0.544. The molecule has 0 spiro atoms. The molecule has 4 aromatic rings. The zero-order chi connectivity index (χ0) is 15.8. The van der Waals surface area contributed by atoms with Gasteiger partial charge in [-0.05, 0) is 35.0 Å². The highest BCUT2D eigenvalue weighted by molar-refractivity contribution is 6.03. The molecule has 4 heteroatoms. The summed E-state index contributed by atoms with van der Waals surface area (Å²) in [5.41, 5.74) is 2.99. The van der Waals surface area contributed by atoms with Crippen LogP contribution in [0.25, 0.3) is 21.9 Å². The molecule has 0 aliphatic rings. The van der Waals surface area contributed by atoms with E-state index in [0.717, 1.165) is 27.6 Å². The Morgan fingerprint density at radius 2 is 1.96 bits per heavy atom. The van der Waals surface area contributed by atoms with Gasteiger partial charge in [-0.2, -0.15) is 0 Å². The van der Waals surface area contributed by atoms with Crippen LogP contribution < -0.4 is 0 Å². The fourth-order valence-corrected chi connectivity index (χ4v) is 2.67. The van der Waals surface area contributed by atoms with Crippen LogP contribution in [0.5, 0.6) is 5.75 Å². The number of hydrogen-bond acceptors (Lipinski definition) is 4. The summed E-state index contributed by atoms with van der Waals surface area (Å²) in [4.78, 5) is 8.79. The average Bonchev–Trinajstić information content (AvgIpc) is 2.93. The minimum Gasteiger partial charge on any atom is -0.507 e. The smallest absolute Gasteiger partial charge is 0.192 e. The highest BCUT2D eigenvalue weighted by Gasteiger charge is 2.05. The number of hydrogen-bond donors (Lipinski definition) is 1. The van der Waals surface area contributed by atoms with Crippen LogP contribution in [0.3, 0.4) is 0 Å². The molecule has 1 N–H and O–H groups in total. The first-order valence-electron chi connectivity index (χ1n) is 7.33. The maximum atomic E-state index is 10.1. The summed E-state index contributed by atoms with van der Waals surface area (Å²) in [5.74, 6) is 0.846. The molecule has 4 rings (SSSR count). The second-order valence-electron chi connectivity index (χ2n) is 5.36. The third-order valence-corrected chi connectivity index (χ3v) is 3.77. The van der Waals surface area contributed by atoms with Gasteiger partial charge in [0.25, 0.3) is 0 Å². The van der Waals surface area contributed by atoms with Gasteiger partial charge in [-0.25, -0.2) is 4.98 Å². The van der Waals surface area contributed by atoms with Gasteiger partial charge < -0.3 is 9.52 Å². The molecular formula is C19H14N2O2. The van der Waals surface area contributed by atoms with Gasteiger partial charge in [-0.3, -0.25) is 4.99 Å². The molecule has 0 saturated heterocycles. The normalized spacial score (nSPS) is 11.7. The van der Waals surface area contributed by atoms with Crippen molar-refractivity contribution in [1.29, 1.82) is 0 Å². The Labute approximate surface area is 132 Å². The SMILES string of the molecule is Cc1nc2cc(N=Cc3c(O)ccc4ccccc34)ccc2o1. The lowest BCUT2D eigenvalue weighted by molar-refractivity contribution is 0.475. The number of fused-ring (bicyclic) bond motifs is 2. The minimum atomic E-state index is 0.214. The minimum absolute atomic E-state index is 0.214. The molecule has 0 amide bonds. The predicted octanol–water partition coefficient (Wildman–Crippen LogP) is 4.75. The van der Waals surface area contributed by atoms with E-state index >= 15 is 0 Å². The van der Waals surface area contributed by atoms with E-state index in [2.05, 4.69) is 9.98 Å². The van der Waals surface area contributed by atoms with Crippen molar-refractivity contribution in [2.24, 2.45) is 4.99 Å². The van der Waals surface area contributed by atoms with Gasteiger partial charge in [0.1, 0.15) is 11.3 Å². The number of benzene rings is 3. The van der Waals surface area contributed by atoms with Crippen LogP contribution in [0.4, 0.5) is 5.69 Å². The van der Waals surface area contributed by atoms with Crippen molar-refractivity contribution in [3.05, 3.63) is 66.1 Å². The van der Waals surface area contributed by atoms with Crippen LogP contribution in [-0.4, -0.2) is 16.3 Å². The standard InChI is InChI=1S/C19H14N2O2/c1-12-21-17-10-14(7-9-19(17)23-12)20-11-16-15-5-3-2-4-13(15)6-8-18(16)22/h2-11,22H,1H3. The fourth-order valence-electron chi connectivity index (χ4n) is 2.67. The molecule has 0 bridgehead atoms. The Balaban J connectivity index is 1.79. The van der Waals surface area contributed by atoms with Crippen molar-refractivity contribution >= 4 is 33.8 Å². The number of phenols is 1. The van der Waals surface area contributed by atoms with Crippen molar-refractivity contribution < 1.29 is 9.52 Å². The lowest BCUT2D eigenvalue weighted by Gasteiger charge is -2.04. The van der Waals surface area contributed by atoms with Crippen LogP contribution >= 0.6 is 0 Å². The Morgan fingerprint density at radius 3 is 2.87 bits per heavy atom. The maximum Gasteiger partial charge on any atom is 0.192 e. The molecule has 3 aromatic carbocycles. The number of aromatic hydroxyl groups is 1. The summed E-state index contributed by atoms with van der Waals surface area (Å²) < 4.78 is 5.46. The number of nitrogens with zero attached hydrogens (tertiary/aromatic N) is 2. The first-order chi connectivity index (χ1) is 11.2. The molecule has 0 aliphatic carbocycles. The summed E-state index contributed by atoms with van der Waals surface area (Å²) in [7, 11) is 0. The second kappa shape index (κ2) is 5.25. The second-order valence-corrected chi connectivity index (χ2v) is 5.36. The Hall–Kier alpha value is -3.14. The van der Waals surface area contributed by atoms with Crippen LogP contribution in [0.15, 0.2) is 64.0 Å². The van der Waals surface area contributed by atoms with E-state index in [-0.39, 0.29) is 5.75 Å². The highest BCUT2D eigenvalue weighted by atomic mass is 16.3. The Morgan fingerprint density at radius 1 is 1.09 bits per heavy atom. The molecule has 0 radical (unpaired) electrons. The van der Waals surface area contributed by atoms with Crippen molar-refractivity contribution in [3.63, 3.8) is 0 Å². The van der Waals surface area contributed by atoms with Gasteiger partial charge >= 0.3 is 0 Å². The topological polar surface area (TPSA) is 58.6 Å². The lowest BCUT2D eigenvalue weighted by Crippen LogP contribution is -1.85. The van der Waals surface area contributed by atoms with E-state index in [1.165, 1.54) is 0 Å². The maximum absolute atomic E-state index is 10.1. The summed E-state index contributed by atoms with van der Waals surface area (Å²) >= 11 is 0. The van der Waals surface area contributed by atoms with E-state index < -0.39 is 0 Å². The van der Waals surface area contributed by atoms with Gasteiger partial charge in [-0.1, -0.05) is 30.3 Å². The average molecular weight is 302 g/mol. The number of aromatic nitrogens is 1. The third-order valence-electron chi connectivity index (χ3n) is 3.77. The predicted molar refractivity (Wildman–Crippen MR) is 91.6 cm³/mol. The third kappa shape index (κ3) is 2.44. The van der Waals surface area contributed by atoms with Gasteiger partial charge in [0.2, 0.25) is 0 Å². The molecule has 1 aromatic heterocycles. The van der Waals surface area contributed by atoms with Crippen molar-refractivity contribution in [2.75, 3.05) is 0 Å². The van der Waals surface area contributed by atoms with Gasteiger partial charge in [0, 0.05) is 18.7 Å². The van der Waals surface area contributed by atoms with E-state index in [1.807, 2.05) is 55.5 Å². The molecule has 0 saturated carbocycles. The number of aliphatic imine (C=N–C) groups is 1. The summed E-state index contributed by atoms with van der Waals surface area (Å²) in [5, 5.41) is 12.2. The highest BCUT2D eigenvalue weighted by Crippen LogP contribution is 2.27. The van der Waals surface area contributed by atoms with Gasteiger partial charge in [0.15, 0.2) is 11.5 Å². The van der Waals surface area contributed by atoms with E-state index in [0.29, 0.717) is 11.5 Å². The Kier molecular flexibility index (Phi) is 3.08. The van der Waals surface area contributed by atoms with Crippen molar-refractivity contribution in [3.8, 4) is 5.75 Å².